The van der Waals surface area contributed by atoms with Crippen molar-refractivity contribution in [2.45, 2.75) is 37.8 Å². The molecule has 2 saturated carbocycles. The highest BCUT2D eigenvalue weighted by Gasteiger charge is 2.54. The Balaban J connectivity index is 1.81. The molecule has 148 valence electrons. The van der Waals surface area contributed by atoms with Crippen molar-refractivity contribution in [3.8, 4) is 0 Å². The van der Waals surface area contributed by atoms with Gasteiger partial charge in [-0.25, -0.2) is 9.18 Å². The Hall–Kier alpha value is -2.32. The van der Waals surface area contributed by atoms with Crippen LogP contribution in [0.3, 0.4) is 0 Å². The predicted molar refractivity (Wildman–Crippen MR) is 105 cm³/mol. The van der Waals surface area contributed by atoms with E-state index in [0.29, 0.717) is 18.6 Å². The average Bonchev–Trinajstić information content (AvgIpc) is 3.53. The zero-order valence-electron chi connectivity index (χ0n) is 15.0. The number of carboxylic acids is 1. The average molecular weight is 407 g/mol. The van der Waals surface area contributed by atoms with Crippen LogP contribution >= 0.6 is 11.6 Å². The minimum Gasteiger partial charge on any atom is -0.477 e. The number of hydrogen-bond donors (Lipinski definition) is 3. The number of nitrogens with zero attached hydrogens (tertiary/aromatic N) is 2. The Morgan fingerprint density at radius 1 is 1.36 bits per heavy atom. The van der Waals surface area contributed by atoms with Gasteiger partial charge in [0, 0.05) is 36.8 Å². The highest BCUT2D eigenvalue weighted by Crippen LogP contribution is 2.54. The molecule has 1 atom stereocenters. The summed E-state index contributed by atoms with van der Waals surface area (Å²) in [6.45, 7) is 1.05. The first kappa shape index (κ1) is 17.8. The third kappa shape index (κ3) is 2.31. The Labute approximate surface area is 164 Å². The van der Waals surface area contributed by atoms with Gasteiger partial charge in [-0.1, -0.05) is 11.6 Å². The van der Waals surface area contributed by atoms with Gasteiger partial charge in [0.15, 0.2) is 5.82 Å². The maximum absolute atomic E-state index is 15.3. The van der Waals surface area contributed by atoms with Crippen molar-refractivity contribution in [2.75, 3.05) is 23.7 Å². The summed E-state index contributed by atoms with van der Waals surface area (Å²) < 4.78 is 17.0. The highest BCUT2D eigenvalue weighted by atomic mass is 35.5. The van der Waals surface area contributed by atoms with Gasteiger partial charge in [-0.15, -0.1) is 0 Å². The molecule has 1 aromatic carbocycles. The van der Waals surface area contributed by atoms with Crippen LogP contribution in [-0.4, -0.2) is 34.8 Å². The monoisotopic (exact) mass is 406 g/mol. The first-order valence-electron chi connectivity index (χ1n) is 9.34. The molecule has 1 aliphatic heterocycles. The van der Waals surface area contributed by atoms with E-state index in [0.717, 1.165) is 25.7 Å². The van der Waals surface area contributed by atoms with Crippen molar-refractivity contribution < 1.29 is 14.3 Å². The van der Waals surface area contributed by atoms with E-state index in [1.54, 1.807) is 4.57 Å². The molecule has 1 saturated heterocycles. The summed E-state index contributed by atoms with van der Waals surface area (Å²) in [4.78, 5) is 26.1. The van der Waals surface area contributed by atoms with E-state index in [-0.39, 0.29) is 39.3 Å². The quantitative estimate of drug-likeness (QED) is 0.674. The molecule has 3 aliphatic rings. The van der Waals surface area contributed by atoms with Crippen LogP contribution in [0, 0.1) is 11.2 Å². The van der Waals surface area contributed by atoms with Crippen LogP contribution in [0.1, 0.15) is 42.1 Å². The molecule has 5 N–H and O–H groups in total. The van der Waals surface area contributed by atoms with Gasteiger partial charge in [0.25, 0.3) is 0 Å². The predicted octanol–water partition coefficient (Wildman–Crippen LogP) is 2.34. The second-order valence-electron chi connectivity index (χ2n) is 8.28. The van der Waals surface area contributed by atoms with E-state index < -0.39 is 22.8 Å². The van der Waals surface area contributed by atoms with Crippen LogP contribution in [0.5, 0.6) is 0 Å². The highest BCUT2D eigenvalue weighted by molar-refractivity contribution is 6.38. The Kier molecular flexibility index (Phi) is 3.56. The minimum atomic E-state index is -1.37. The fraction of sp³-hybridized carbons (Fsp3) is 0.474. The molecule has 7 nitrogen and oxygen atoms in total. The molecular formula is C19H20ClFN4O3. The lowest BCUT2D eigenvalue weighted by Crippen LogP contribution is -2.30. The van der Waals surface area contributed by atoms with Crippen LogP contribution in [0.25, 0.3) is 10.9 Å². The van der Waals surface area contributed by atoms with Crippen LogP contribution < -0.4 is 21.8 Å². The number of nitrogens with two attached hydrogens (primary N) is 2. The number of rotatable bonds is 3. The zero-order chi connectivity index (χ0) is 20.0. The Morgan fingerprint density at radius 2 is 2.04 bits per heavy atom. The summed E-state index contributed by atoms with van der Waals surface area (Å²) in [6.07, 6.45) is 4.97. The van der Waals surface area contributed by atoms with Gasteiger partial charge in [0.2, 0.25) is 5.43 Å². The van der Waals surface area contributed by atoms with E-state index in [1.807, 2.05) is 4.90 Å². The summed E-state index contributed by atoms with van der Waals surface area (Å²) in [5.41, 5.74) is 11.1. The first-order valence-corrected chi connectivity index (χ1v) is 9.72. The number of carboxylic acid groups (broad SMARTS) is 1. The molecule has 2 aliphatic carbocycles. The largest absolute Gasteiger partial charge is 0.477 e. The molecule has 5 rings (SSSR count). The summed E-state index contributed by atoms with van der Waals surface area (Å²) >= 11 is 6.66. The molecule has 3 fully saturated rings. The van der Waals surface area contributed by atoms with Crippen molar-refractivity contribution in [3.63, 3.8) is 0 Å². The molecule has 2 heterocycles. The fourth-order valence-electron chi connectivity index (χ4n) is 4.48. The van der Waals surface area contributed by atoms with E-state index in [1.165, 1.54) is 6.20 Å². The summed E-state index contributed by atoms with van der Waals surface area (Å²) in [6, 6.07) is -0.0491. The van der Waals surface area contributed by atoms with Crippen molar-refractivity contribution in [1.29, 1.82) is 0 Å². The maximum Gasteiger partial charge on any atom is 0.341 e. The van der Waals surface area contributed by atoms with Gasteiger partial charge >= 0.3 is 5.97 Å². The molecule has 2 aromatic rings. The molecule has 0 bridgehead atoms. The smallest absolute Gasteiger partial charge is 0.341 e. The number of hydrogen-bond acceptors (Lipinski definition) is 5. The number of fused-ring (bicyclic) bond motifs is 1. The number of benzene rings is 1. The molecule has 0 radical (unpaired) electrons. The van der Waals surface area contributed by atoms with E-state index in [4.69, 9.17) is 23.1 Å². The number of carbonyl (C=O) groups is 1. The van der Waals surface area contributed by atoms with Crippen LogP contribution in [0.2, 0.25) is 5.02 Å². The molecule has 9 heteroatoms. The molecule has 1 aromatic heterocycles. The number of pyridine rings is 1. The van der Waals surface area contributed by atoms with Crippen LogP contribution in [0.15, 0.2) is 11.0 Å². The Morgan fingerprint density at radius 3 is 2.57 bits per heavy atom. The number of anilines is 2. The summed E-state index contributed by atoms with van der Waals surface area (Å²) in [5, 5.41) is 9.33. The number of halogens is 2. The lowest BCUT2D eigenvalue weighted by Gasteiger charge is -2.24. The fourth-order valence-corrected chi connectivity index (χ4v) is 4.87. The van der Waals surface area contributed by atoms with E-state index in [9.17, 15) is 14.7 Å². The van der Waals surface area contributed by atoms with Gasteiger partial charge in [0.1, 0.15) is 5.56 Å². The Bertz CT molecular complexity index is 1110. The van der Waals surface area contributed by atoms with Gasteiger partial charge in [-0.05, 0) is 25.7 Å². The topological polar surface area (TPSA) is 115 Å². The molecule has 1 spiro atoms. The lowest BCUT2D eigenvalue weighted by molar-refractivity contribution is 0.0695. The molecule has 0 amide bonds. The lowest BCUT2D eigenvalue weighted by atomic mass is 10.0. The van der Waals surface area contributed by atoms with Crippen LogP contribution in [0.4, 0.5) is 15.8 Å². The third-order valence-electron chi connectivity index (χ3n) is 6.45. The van der Waals surface area contributed by atoms with Gasteiger partial charge in [-0.3, -0.25) is 4.79 Å². The molecular weight excluding hydrogens is 387 g/mol. The van der Waals surface area contributed by atoms with Crippen LogP contribution in [-0.2, 0) is 0 Å². The SMILES string of the molecule is Nc1c(F)c(N2C[C@@H](N)C3(CC3)C2)c(Cl)c2c1c(=O)c(C(=O)O)cn2C1CC1. The standard InChI is InChI=1S/C19H20ClFN4O3/c20-12-15-11(17(26)9(18(27)28)5-25(15)8-1-2-8)14(23)13(21)16(12)24-6-10(22)19(7-24)3-4-19/h5,8,10H,1-4,6-7,22-23H2,(H,27,28)/t10-/m1/s1. The van der Waals surface area contributed by atoms with E-state index >= 15 is 4.39 Å². The van der Waals surface area contributed by atoms with Gasteiger partial charge < -0.3 is 26.0 Å². The minimum absolute atomic E-state index is 0.00279. The zero-order valence-corrected chi connectivity index (χ0v) is 15.8. The second kappa shape index (κ2) is 5.61. The number of aromatic nitrogens is 1. The number of nitrogen functional groups attached to an aromatic ring is 1. The normalized spacial score (nSPS) is 23.0. The van der Waals surface area contributed by atoms with Gasteiger partial charge in [-0.2, -0.15) is 0 Å². The van der Waals surface area contributed by atoms with Crippen molar-refractivity contribution >= 4 is 39.8 Å². The molecule has 0 unspecified atom stereocenters. The van der Waals surface area contributed by atoms with Crippen molar-refractivity contribution in [3.05, 3.63) is 32.8 Å². The first-order chi connectivity index (χ1) is 13.2. The second-order valence-corrected chi connectivity index (χ2v) is 8.66. The van der Waals surface area contributed by atoms with E-state index in [2.05, 4.69) is 0 Å². The third-order valence-corrected chi connectivity index (χ3v) is 6.81. The molecule has 28 heavy (non-hydrogen) atoms. The van der Waals surface area contributed by atoms with Gasteiger partial charge in [0.05, 0.1) is 27.3 Å². The maximum atomic E-state index is 15.3. The summed E-state index contributed by atoms with van der Waals surface area (Å²) in [7, 11) is 0. The van der Waals surface area contributed by atoms with Crippen molar-refractivity contribution in [1.82, 2.24) is 4.57 Å². The summed E-state index contributed by atoms with van der Waals surface area (Å²) in [5.74, 6) is -2.16. The number of aromatic carboxylic acids is 1. The van der Waals surface area contributed by atoms with Crippen molar-refractivity contribution in [2.24, 2.45) is 11.1 Å².